The molecule has 0 spiro atoms. The molecule has 9 heteroatoms. The van der Waals surface area contributed by atoms with Crippen molar-refractivity contribution in [3.05, 3.63) is 98.9 Å². The van der Waals surface area contributed by atoms with Crippen molar-refractivity contribution < 1.29 is 30.0 Å². The van der Waals surface area contributed by atoms with Gasteiger partial charge >= 0.3 is 5.97 Å². The van der Waals surface area contributed by atoms with E-state index in [1.54, 1.807) is 23.1 Å². The number of allylic oxidation sites excluding steroid dienone is 3. The molecule has 5 aliphatic rings. The predicted molar refractivity (Wildman–Crippen MR) is 219 cm³/mol. The van der Waals surface area contributed by atoms with Crippen molar-refractivity contribution in [2.75, 3.05) is 0 Å². The molecule has 0 bridgehead atoms. The molecule has 1 aromatic carbocycles. The maximum Gasteiger partial charge on any atom is 0.343 e. The topological polar surface area (TPSA) is 142 Å². The summed E-state index contributed by atoms with van der Waals surface area (Å²) < 4.78 is 6.72. The predicted octanol–water partition coefficient (Wildman–Crippen LogP) is 7.78. The zero-order valence-corrected chi connectivity index (χ0v) is 33.8. The third kappa shape index (κ3) is 7.48. The maximum absolute atomic E-state index is 13.0. The number of pyridine rings is 2. The number of ether oxygens (including phenoxy) is 1. The van der Waals surface area contributed by atoms with Gasteiger partial charge in [-0.25, -0.2) is 9.78 Å². The highest BCUT2D eigenvalue weighted by molar-refractivity contribution is 5.86. The van der Waals surface area contributed by atoms with Crippen LogP contribution >= 0.6 is 0 Å². The molecule has 0 amide bonds. The molecule has 2 aromatic heterocycles. The van der Waals surface area contributed by atoms with Crippen LogP contribution in [-0.4, -0.2) is 53.8 Å². The summed E-state index contributed by atoms with van der Waals surface area (Å²) in [4.78, 5) is 29.9. The lowest BCUT2D eigenvalue weighted by atomic mass is 9.60. The quantitative estimate of drug-likeness (QED) is 0.140. The number of hydrogen-bond acceptors (Lipinski definition) is 8. The lowest BCUT2D eigenvalue weighted by Gasteiger charge is -2.44. The van der Waals surface area contributed by atoms with E-state index in [0.717, 1.165) is 52.1 Å². The number of aliphatic hydroxyl groups excluding tert-OH is 2. The summed E-state index contributed by atoms with van der Waals surface area (Å²) in [6, 6.07) is 11.6. The summed E-state index contributed by atoms with van der Waals surface area (Å²) in [6.07, 6.45) is 14.0. The van der Waals surface area contributed by atoms with Gasteiger partial charge in [0.25, 0.3) is 5.56 Å². The Morgan fingerprint density at radius 1 is 1.14 bits per heavy atom. The molecular formula is C47H60N2O7. The molecule has 0 unspecified atom stereocenters. The Morgan fingerprint density at radius 3 is 2.66 bits per heavy atom. The van der Waals surface area contributed by atoms with Gasteiger partial charge in [-0.15, -0.1) is 0 Å². The van der Waals surface area contributed by atoms with E-state index in [1.165, 1.54) is 38.5 Å². The minimum Gasteiger partial charge on any atom is -0.458 e. The fourth-order valence-corrected chi connectivity index (χ4v) is 10.7. The minimum atomic E-state index is -1.79. The van der Waals surface area contributed by atoms with E-state index in [0.29, 0.717) is 53.5 Å². The second kappa shape index (κ2) is 15.5. The number of nitrogens with zero attached hydrogens (tertiary/aromatic N) is 2. The van der Waals surface area contributed by atoms with Crippen LogP contribution in [-0.2, 0) is 28.3 Å². The number of carbonyl (C=O) groups is 1. The Kier molecular flexibility index (Phi) is 11.1. The average molecular weight is 765 g/mol. The number of cyclic esters (lactones) is 1. The molecule has 4 heterocycles. The van der Waals surface area contributed by atoms with Crippen molar-refractivity contribution in [1.82, 2.24) is 9.55 Å². The molecule has 3 fully saturated rings. The van der Waals surface area contributed by atoms with Crippen LogP contribution in [0.25, 0.3) is 22.3 Å². The molecule has 3 saturated carbocycles. The number of benzene rings is 1. The van der Waals surface area contributed by atoms with Gasteiger partial charge < -0.3 is 29.7 Å². The molecule has 9 nitrogen and oxygen atoms in total. The van der Waals surface area contributed by atoms with Crippen LogP contribution in [0.15, 0.2) is 76.6 Å². The molecule has 0 saturated heterocycles. The van der Waals surface area contributed by atoms with Gasteiger partial charge in [0.2, 0.25) is 0 Å². The first-order valence-electron chi connectivity index (χ1n) is 20.8. The Labute approximate surface area is 330 Å². The zero-order chi connectivity index (χ0) is 40.2. The van der Waals surface area contributed by atoms with Gasteiger partial charge in [0.1, 0.15) is 6.61 Å². The van der Waals surface area contributed by atoms with E-state index < -0.39 is 29.4 Å². The summed E-state index contributed by atoms with van der Waals surface area (Å²) in [7, 11) is 0. The monoisotopic (exact) mass is 764 g/mol. The summed E-state index contributed by atoms with van der Waals surface area (Å²) in [5.74, 6) is 1.40. The second-order valence-corrected chi connectivity index (χ2v) is 18.1. The number of aliphatic hydroxyl groups is 4. The smallest absolute Gasteiger partial charge is 0.343 e. The number of esters is 1. The first-order chi connectivity index (χ1) is 26.5. The number of hydrogen-bond donors (Lipinski definition) is 4. The van der Waals surface area contributed by atoms with Crippen LogP contribution in [0.5, 0.6) is 0 Å². The number of carbonyl (C=O) groups excluding carboxylic acids is 1. The molecule has 7 atom stereocenters. The first-order valence-corrected chi connectivity index (χ1v) is 20.8. The van der Waals surface area contributed by atoms with E-state index >= 15 is 0 Å². The number of rotatable bonds is 7. The normalized spacial score (nSPS) is 30.3. The molecule has 2 aliphatic heterocycles. The van der Waals surface area contributed by atoms with Crippen molar-refractivity contribution in [2.45, 2.75) is 142 Å². The lowest BCUT2D eigenvalue weighted by molar-refractivity contribution is -0.172. The molecule has 4 N–H and O–H groups in total. The van der Waals surface area contributed by atoms with Gasteiger partial charge in [-0.3, -0.25) is 4.79 Å². The molecule has 3 aliphatic carbocycles. The fourth-order valence-electron chi connectivity index (χ4n) is 10.7. The van der Waals surface area contributed by atoms with Crippen LogP contribution in [0.4, 0.5) is 0 Å². The van der Waals surface area contributed by atoms with Crippen LogP contribution in [0.1, 0.15) is 122 Å². The van der Waals surface area contributed by atoms with E-state index in [1.807, 2.05) is 44.2 Å². The third-order valence-corrected chi connectivity index (χ3v) is 13.9. The first kappa shape index (κ1) is 40.3. The standard InChI is InChI=1S/C27H44O3.C20H16N2O4/c1-18(8-6-14-26(3,4)30)23-12-13-24-20(9-7-15-27(23,24)5)10-11-21-16-22(28)17-25(29)19(21)2;1-2-20(25)14-8-16-17-12(7-11-5-3-4-6-15(11)21-17)9-22(16)18(23)13(14)10-26-19(20)24/h10-11,18,22-25,28-30H,2,6-9,12-17H2,1,3-5H3;3-8,25H,2,9-10H2,1H3/b20-10+,21-11-;/t18-,22-,23-,24+,25+,27-;20-/m10/s1. The second-order valence-electron chi connectivity index (χ2n) is 18.1. The van der Waals surface area contributed by atoms with Crippen LogP contribution in [0.2, 0.25) is 0 Å². The van der Waals surface area contributed by atoms with E-state index in [-0.39, 0.29) is 18.6 Å². The van der Waals surface area contributed by atoms with Crippen LogP contribution in [0, 0.1) is 23.2 Å². The number of para-hydroxylation sites is 1. The van der Waals surface area contributed by atoms with Gasteiger partial charge in [0, 0.05) is 22.9 Å². The fraction of sp³-hybridized carbons (Fsp3) is 0.553. The highest BCUT2D eigenvalue weighted by Crippen LogP contribution is 2.60. The lowest BCUT2D eigenvalue weighted by Crippen LogP contribution is -2.44. The van der Waals surface area contributed by atoms with Gasteiger partial charge in [-0.1, -0.05) is 76.1 Å². The molecular weight excluding hydrogens is 705 g/mol. The summed E-state index contributed by atoms with van der Waals surface area (Å²) in [5.41, 5.74) is 4.98. The summed E-state index contributed by atoms with van der Waals surface area (Å²) in [5, 5.41) is 42.0. The molecule has 300 valence electrons. The summed E-state index contributed by atoms with van der Waals surface area (Å²) >= 11 is 0. The van der Waals surface area contributed by atoms with Crippen molar-refractivity contribution in [2.24, 2.45) is 23.2 Å². The van der Waals surface area contributed by atoms with E-state index in [9.17, 15) is 30.0 Å². The van der Waals surface area contributed by atoms with E-state index in [2.05, 4.69) is 32.6 Å². The van der Waals surface area contributed by atoms with Gasteiger partial charge in [-0.05, 0) is 118 Å². The van der Waals surface area contributed by atoms with Crippen molar-refractivity contribution in [3.8, 4) is 11.4 Å². The highest BCUT2D eigenvalue weighted by Gasteiger charge is 2.50. The SMILES string of the molecule is C=C1/C(=C\C=C2/CCC[C@]3(C)[C@@H]([C@H](C)CCCC(C)(C)O)CC[C@@H]23)C[C@@H](O)C[C@@H]1O.CC[C@@]1(O)C(=O)OCc2c1cc1n(c2=O)Cc2cc3ccccc3nc2-1. The van der Waals surface area contributed by atoms with Crippen LogP contribution in [0.3, 0.4) is 0 Å². The third-order valence-electron chi connectivity index (χ3n) is 13.9. The van der Waals surface area contributed by atoms with Gasteiger partial charge in [0.15, 0.2) is 5.60 Å². The number of fused-ring (bicyclic) bond motifs is 6. The van der Waals surface area contributed by atoms with Crippen molar-refractivity contribution >= 4 is 16.9 Å². The molecule has 3 aromatic rings. The minimum absolute atomic E-state index is 0.110. The van der Waals surface area contributed by atoms with E-state index in [4.69, 9.17) is 9.72 Å². The van der Waals surface area contributed by atoms with Crippen LogP contribution < -0.4 is 5.56 Å². The molecule has 0 radical (unpaired) electrons. The Morgan fingerprint density at radius 2 is 1.91 bits per heavy atom. The number of aromatic nitrogens is 2. The van der Waals surface area contributed by atoms with Gasteiger partial charge in [-0.2, -0.15) is 0 Å². The highest BCUT2D eigenvalue weighted by atomic mass is 16.6. The maximum atomic E-state index is 13.0. The Balaban J connectivity index is 0.000000173. The zero-order valence-electron chi connectivity index (χ0n) is 33.8. The molecule has 8 rings (SSSR count). The average Bonchev–Trinajstić information content (AvgIpc) is 3.70. The van der Waals surface area contributed by atoms with Crippen molar-refractivity contribution in [3.63, 3.8) is 0 Å². The largest absolute Gasteiger partial charge is 0.458 e. The van der Waals surface area contributed by atoms with Crippen molar-refractivity contribution in [1.29, 1.82) is 0 Å². The van der Waals surface area contributed by atoms with Gasteiger partial charge in [0.05, 0.1) is 46.8 Å². The Bertz CT molecular complexity index is 2140. The summed E-state index contributed by atoms with van der Waals surface area (Å²) in [6.45, 7) is 14.8. The Hall–Kier alpha value is -3.89. The molecule has 56 heavy (non-hydrogen) atoms.